The van der Waals surface area contributed by atoms with Crippen molar-refractivity contribution in [1.82, 2.24) is 10.2 Å². The Morgan fingerprint density at radius 2 is 1.94 bits per heavy atom. The van der Waals surface area contributed by atoms with Crippen molar-refractivity contribution in [2.45, 2.75) is 0 Å². The molecule has 0 atom stereocenters. The standard InChI is InChI=1S/C22H22N2O8/c1-30-22-18(31-7-6-24-5-4-23-19(28)11-24)10-17-20(21(22)29)15(27)9-16(32-17)12-2-3-13(25)14(26)8-12/h2-3,8-10,25-26,29H,4-7,11H2,1H3,(H,23,28). The number of rotatable bonds is 6. The lowest BCUT2D eigenvalue weighted by Crippen LogP contribution is -2.48. The highest BCUT2D eigenvalue weighted by Gasteiger charge is 2.21. The molecule has 10 heteroatoms. The second-order valence-corrected chi connectivity index (χ2v) is 7.28. The minimum absolute atomic E-state index is 0.00350. The Hall–Kier alpha value is -3.92. The van der Waals surface area contributed by atoms with Crippen LogP contribution in [0.2, 0.25) is 0 Å². The number of nitrogens with one attached hydrogen (secondary N) is 1. The maximum absolute atomic E-state index is 12.7. The van der Waals surface area contributed by atoms with Crippen LogP contribution in [0.15, 0.2) is 39.5 Å². The number of carbonyl (C=O) groups is 1. The first-order chi connectivity index (χ1) is 15.4. The first-order valence-corrected chi connectivity index (χ1v) is 9.89. The molecule has 1 amide bonds. The average molecular weight is 442 g/mol. The summed E-state index contributed by atoms with van der Waals surface area (Å²) < 4.78 is 16.8. The summed E-state index contributed by atoms with van der Waals surface area (Å²) in [5.74, 6) is -0.825. The first-order valence-electron chi connectivity index (χ1n) is 9.89. The number of carbonyl (C=O) groups excluding carboxylic acids is 1. The molecule has 0 aliphatic carbocycles. The monoisotopic (exact) mass is 442 g/mol. The minimum Gasteiger partial charge on any atom is -0.504 e. The van der Waals surface area contributed by atoms with Gasteiger partial charge in [-0.2, -0.15) is 0 Å². The summed E-state index contributed by atoms with van der Waals surface area (Å²) in [6.07, 6.45) is 0. The van der Waals surface area contributed by atoms with Crippen LogP contribution in [0.1, 0.15) is 0 Å². The van der Waals surface area contributed by atoms with E-state index < -0.39 is 11.2 Å². The van der Waals surface area contributed by atoms with Crippen molar-refractivity contribution < 1.29 is 34.0 Å². The zero-order valence-electron chi connectivity index (χ0n) is 17.3. The summed E-state index contributed by atoms with van der Waals surface area (Å²) in [6.45, 7) is 2.24. The molecule has 0 spiro atoms. The molecule has 32 heavy (non-hydrogen) atoms. The van der Waals surface area contributed by atoms with Crippen LogP contribution in [0, 0.1) is 0 Å². The molecule has 4 N–H and O–H groups in total. The van der Waals surface area contributed by atoms with E-state index in [0.29, 0.717) is 25.2 Å². The number of hydrogen-bond acceptors (Lipinski definition) is 9. The minimum atomic E-state index is -0.518. The van der Waals surface area contributed by atoms with E-state index in [1.54, 1.807) is 0 Å². The lowest BCUT2D eigenvalue weighted by Gasteiger charge is -2.26. The molecule has 1 aliphatic rings. The summed E-state index contributed by atoms with van der Waals surface area (Å²) >= 11 is 0. The summed E-state index contributed by atoms with van der Waals surface area (Å²) in [5.41, 5.74) is -0.0957. The van der Waals surface area contributed by atoms with Crippen molar-refractivity contribution in [3.63, 3.8) is 0 Å². The Balaban J connectivity index is 1.67. The van der Waals surface area contributed by atoms with Crippen molar-refractivity contribution in [2.24, 2.45) is 0 Å². The van der Waals surface area contributed by atoms with E-state index in [1.165, 1.54) is 37.4 Å². The van der Waals surface area contributed by atoms with Gasteiger partial charge in [-0.1, -0.05) is 0 Å². The Morgan fingerprint density at radius 1 is 1.12 bits per heavy atom. The predicted octanol–water partition coefficient (Wildman–Crippen LogP) is 1.40. The van der Waals surface area contributed by atoms with Gasteiger partial charge in [0.15, 0.2) is 28.4 Å². The van der Waals surface area contributed by atoms with Crippen LogP contribution in [-0.2, 0) is 4.79 Å². The quantitative estimate of drug-likeness (QED) is 0.417. The van der Waals surface area contributed by atoms with Gasteiger partial charge in [0.1, 0.15) is 23.3 Å². The summed E-state index contributed by atoms with van der Waals surface area (Å²) in [7, 11) is 1.35. The predicted molar refractivity (Wildman–Crippen MR) is 114 cm³/mol. The summed E-state index contributed by atoms with van der Waals surface area (Å²) in [4.78, 5) is 26.1. The van der Waals surface area contributed by atoms with Gasteiger partial charge in [-0.25, -0.2) is 0 Å². The Morgan fingerprint density at radius 3 is 2.66 bits per heavy atom. The molecule has 168 valence electrons. The van der Waals surface area contributed by atoms with Gasteiger partial charge in [0, 0.05) is 37.3 Å². The molecule has 2 aromatic carbocycles. The normalized spacial score (nSPS) is 14.3. The van der Waals surface area contributed by atoms with Gasteiger partial charge in [-0.3, -0.25) is 14.5 Å². The zero-order chi connectivity index (χ0) is 22.8. The van der Waals surface area contributed by atoms with Crippen molar-refractivity contribution in [3.8, 4) is 40.1 Å². The van der Waals surface area contributed by atoms with Crippen LogP contribution < -0.4 is 20.2 Å². The van der Waals surface area contributed by atoms with E-state index in [4.69, 9.17) is 13.9 Å². The third kappa shape index (κ3) is 4.12. The zero-order valence-corrected chi connectivity index (χ0v) is 17.3. The molecule has 3 aromatic rings. The smallest absolute Gasteiger partial charge is 0.234 e. The summed E-state index contributed by atoms with van der Waals surface area (Å²) in [5, 5.41) is 32.6. The van der Waals surface area contributed by atoms with E-state index >= 15 is 0 Å². The van der Waals surface area contributed by atoms with Crippen LogP contribution in [0.4, 0.5) is 0 Å². The van der Waals surface area contributed by atoms with Gasteiger partial charge in [0.2, 0.25) is 11.7 Å². The summed E-state index contributed by atoms with van der Waals surface area (Å²) in [6, 6.07) is 6.64. The van der Waals surface area contributed by atoms with Gasteiger partial charge in [-0.15, -0.1) is 0 Å². The van der Waals surface area contributed by atoms with E-state index in [2.05, 4.69) is 5.32 Å². The molecule has 0 radical (unpaired) electrons. The number of piperazine rings is 1. The molecule has 1 aliphatic heterocycles. The number of phenols is 3. The van der Waals surface area contributed by atoms with Crippen LogP contribution in [-0.4, -0.2) is 66.0 Å². The second kappa shape index (κ2) is 8.67. The van der Waals surface area contributed by atoms with Crippen LogP contribution >= 0.6 is 0 Å². The van der Waals surface area contributed by atoms with E-state index in [-0.39, 0.29) is 58.8 Å². The largest absolute Gasteiger partial charge is 0.504 e. The van der Waals surface area contributed by atoms with Crippen LogP contribution in [0.3, 0.4) is 0 Å². The lowest BCUT2D eigenvalue weighted by molar-refractivity contribution is -0.124. The molecule has 2 heterocycles. The fraction of sp³-hybridized carbons (Fsp3) is 0.273. The molecule has 10 nitrogen and oxygen atoms in total. The highest BCUT2D eigenvalue weighted by molar-refractivity contribution is 5.89. The highest BCUT2D eigenvalue weighted by atomic mass is 16.5. The average Bonchev–Trinajstić information content (AvgIpc) is 2.75. The number of amides is 1. The van der Waals surface area contributed by atoms with E-state index in [9.17, 15) is 24.9 Å². The molecular formula is C22H22N2O8. The fourth-order valence-corrected chi connectivity index (χ4v) is 3.55. The number of ether oxygens (including phenoxy) is 2. The molecule has 1 fully saturated rings. The Kier molecular flexibility index (Phi) is 5.78. The van der Waals surface area contributed by atoms with Crippen molar-refractivity contribution in [2.75, 3.05) is 39.9 Å². The van der Waals surface area contributed by atoms with Gasteiger partial charge in [-0.05, 0) is 18.2 Å². The molecule has 0 bridgehead atoms. The first kappa shape index (κ1) is 21.3. The topological polar surface area (TPSA) is 142 Å². The maximum Gasteiger partial charge on any atom is 0.234 e. The number of aromatic hydroxyl groups is 3. The molecule has 0 saturated carbocycles. The fourth-order valence-electron chi connectivity index (χ4n) is 3.55. The van der Waals surface area contributed by atoms with Gasteiger partial charge >= 0.3 is 0 Å². The third-order valence-corrected chi connectivity index (χ3v) is 5.16. The van der Waals surface area contributed by atoms with Crippen LogP contribution in [0.5, 0.6) is 28.7 Å². The molecule has 1 saturated heterocycles. The molecule has 0 unspecified atom stereocenters. The van der Waals surface area contributed by atoms with Gasteiger partial charge < -0.3 is 34.5 Å². The van der Waals surface area contributed by atoms with Gasteiger partial charge in [0.25, 0.3) is 0 Å². The highest BCUT2D eigenvalue weighted by Crippen LogP contribution is 2.42. The van der Waals surface area contributed by atoms with Crippen molar-refractivity contribution in [3.05, 3.63) is 40.6 Å². The third-order valence-electron chi connectivity index (χ3n) is 5.16. The second-order valence-electron chi connectivity index (χ2n) is 7.28. The number of benzene rings is 2. The number of hydrogen-bond donors (Lipinski definition) is 4. The van der Waals surface area contributed by atoms with Crippen molar-refractivity contribution >= 4 is 16.9 Å². The SMILES string of the molecule is COc1c(OCCN2CCNC(=O)C2)cc2oc(-c3ccc(O)c(O)c3)cc(=O)c2c1O. The van der Waals surface area contributed by atoms with Crippen LogP contribution in [0.25, 0.3) is 22.3 Å². The molecule has 1 aromatic heterocycles. The lowest BCUT2D eigenvalue weighted by atomic mass is 10.1. The van der Waals surface area contributed by atoms with E-state index in [1.807, 2.05) is 4.90 Å². The van der Waals surface area contributed by atoms with Crippen molar-refractivity contribution in [1.29, 1.82) is 0 Å². The Labute approximate surface area is 182 Å². The van der Waals surface area contributed by atoms with Gasteiger partial charge in [0.05, 0.1) is 13.7 Å². The number of fused-ring (bicyclic) bond motifs is 1. The number of nitrogens with zero attached hydrogens (tertiary/aromatic N) is 1. The molecule has 4 rings (SSSR count). The molecular weight excluding hydrogens is 420 g/mol. The maximum atomic E-state index is 12.7. The number of methoxy groups -OCH3 is 1. The number of phenolic OH excluding ortho intramolecular Hbond substituents is 3. The Bertz CT molecular complexity index is 1240. The van der Waals surface area contributed by atoms with E-state index in [0.717, 1.165) is 0 Å².